The molecule has 1 aliphatic rings. The number of hydrogen-bond acceptors (Lipinski definition) is 11. The second-order valence-corrected chi connectivity index (χ2v) is 15.8. The molecule has 12 nitrogen and oxygen atoms in total. The first-order valence-electron chi connectivity index (χ1n) is 19.5. The lowest BCUT2D eigenvalue weighted by Crippen LogP contribution is -2.48. The Hall–Kier alpha value is -4.36. The van der Waals surface area contributed by atoms with Crippen LogP contribution in [0.4, 0.5) is 0 Å². The molecule has 2 aromatic heterocycles. The summed E-state index contributed by atoms with van der Waals surface area (Å²) in [5, 5.41) is 5.13. The number of ketones is 1. The number of nitrogens with zero attached hydrogens (tertiary/aromatic N) is 4. The van der Waals surface area contributed by atoms with Crippen LogP contribution in [-0.2, 0) is 30.3 Å². The van der Waals surface area contributed by atoms with Gasteiger partial charge in [-0.2, -0.15) is 0 Å². The highest BCUT2D eigenvalue weighted by Gasteiger charge is 2.38. The normalized spacial score (nSPS) is 17.4. The molecular weight excluding hydrogens is 719 g/mol. The molecule has 55 heavy (non-hydrogen) atoms. The number of rotatable bonds is 20. The minimum atomic E-state index is -0.818. The summed E-state index contributed by atoms with van der Waals surface area (Å²) in [5.74, 6) is -0.685. The fourth-order valence-electron chi connectivity index (χ4n) is 7.36. The Bertz CT molecular complexity index is 1740. The highest BCUT2D eigenvalue weighted by atomic mass is 32.1. The Morgan fingerprint density at radius 3 is 2.49 bits per heavy atom. The van der Waals surface area contributed by atoms with E-state index >= 15 is 0 Å². The number of amides is 2. The topological polar surface area (TPSA) is 144 Å². The highest BCUT2D eigenvalue weighted by molar-refractivity contribution is 7.09. The van der Waals surface area contributed by atoms with Gasteiger partial charge in [-0.25, -0.2) is 9.97 Å². The van der Waals surface area contributed by atoms with Gasteiger partial charge in [0.25, 0.3) is 5.91 Å². The van der Waals surface area contributed by atoms with E-state index in [1.165, 1.54) is 24.7 Å². The first-order chi connectivity index (χ1) is 26.2. The van der Waals surface area contributed by atoms with Crippen LogP contribution in [0, 0.1) is 17.8 Å². The zero-order valence-corrected chi connectivity index (χ0v) is 34.5. The lowest BCUT2D eigenvalue weighted by molar-refractivity contribution is -0.149. The van der Waals surface area contributed by atoms with E-state index in [1.807, 2.05) is 72.0 Å². The smallest absolute Gasteiger partial charge is 0.303 e. The Morgan fingerprint density at radius 1 is 1.13 bits per heavy atom. The minimum Gasteiger partial charge on any atom is -0.492 e. The highest BCUT2D eigenvalue weighted by Crippen LogP contribution is 2.33. The number of likely N-dealkylation sites (tertiary alicyclic amines) is 1. The summed E-state index contributed by atoms with van der Waals surface area (Å²) in [6, 6.07) is 8.54. The second kappa shape index (κ2) is 20.5. The summed E-state index contributed by atoms with van der Waals surface area (Å²) in [4.78, 5) is 67.0. The monoisotopic (exact) mass is 777 g/mol. The summed E-state index contributed by atoms with van der Waals surface area (Å²) >= 11 is 1.21. The maximum absolute atomic E-state index is 14.3. The van der Waals surface area contributed by atoms with Crippen molar-refractivity contribution in [1.29, 1.82) is 0 Å². The van der Waals surface area contributed by atoms with Gasteiger partial charge in [0.15, 0.2) is 24.0 Å². The number of aromatic nitrogens is 2. The maximum atomic E-state index is 14.3. The number of likely N-dealkylation sites (N-methyl/N-ethyl adjacent to an activating group) is 1. The molecule has 1 fully saturated rings. The van der Waals surface area contributed by atoms with E-state index in [1.54, 1.807) is 17.3 Å². The quantitative estimate of drug-likeness (QED) is 0.0909. The molecule has 0 radical (unpaired) electrons. The fraction of sp³-hybridized carbons (Fsp3) is 0.571. The molecule has 2 amide bonds. The Kier molecular flexibility index (Phi) is 16.2. The molecule has 1 aliphatic heterocycles. The van der Waals surface area contributed by atoms with Gasteiger partial charge in [0.2, 0.25) is 5.91 Å². The number of esters is 1. The average molecular weight is 778 g/mol. The largest absolute Gasteiger partial charge is 0.492 e. The van der Waals surface area contributed by atoms with E-state index in [2.05, 4.69) is 26.8 Å². The lowest BCUT2D eigenvalue weighted by Gasteiger charge is -2.37. The van der Waals surface area contributed by atoms with Gasteiger partial charge >= 0.3 is 5.97 Å². The van der Waals surface area contributed by atoms with Crippen molar-refractivity contribution in [3.05, 3.63) is 76.4 Å². The Labute approximate surface area is 330 Å². The van der Waals surface area contributed by atoms with Crippen LogP contribution in [0.2, 0.25) is 0 Å². The van der Waals surface area contributed by atoms with Crippen molar-refractivity contribution < 1.29 is 33.1 Å². The Balaban J connectivity index is 1.56. The number of piperidine rings is 1. The molecule has 3 aromatic rings. The first kappa shape index (κ1) is 43.4. The average Bonchev–Trinajstić information content (AvgIpc) is 3.86. The van der Waals surface area contributed by atoms with Crippen molar-refractivity contribution in [1.82, 2.24) is 25.1 Å². The third-order valence-electron chi connectivity index (χ3n) is 10.7. The van der Waals surface area contributed by atoms with Crippen molar-refractivity contribution in [2.45, 2.75) is 111 Å². The van der Waals surface area contributed by atoms with Gasteiger partial charge in [0, 0.05) is 50.6 Å². The van der Waals surface area contributed by atoms with Crippen molar-refractivity contribution in [2.75, 3.05) is 27.2 Å². The second-order valence-electron chi connectivity index (χ2n) is 15.0. The Morgan fingerprint density at radius 2 is 1.85 bits per heavy atom. The van der Waals surface area contributed by atoms with Gasteiger partial charge in [-0.1, -0.05) is 77.4 Å². The third kappa shape index (κ3) is 11.6. The third-order valence-corrected chi connectivity index (χ3v) is 11.6. The van der Waals surface area contributed by atoms with Crippen LogP contribution in [0.1, 0.15) is 125 Å². The van der Waals surface area contributed by atoms with E-state index in [9.17, 15) is 19.2 Å². The molecule has 6 atom stereocenters. The van der Waals surface area contributed by atoms with Crippen molar-refractivity contribution in [2.24, 2.45) is 17.8 Å². The minimum absolute atomic E-state index is 0.000836. The van der Waals surface area contributed by atoms with Crippen molar-refractivity contribution in [3.63, 3.8) is 0 Å². The van der Waals surface area contributed by atoms with E-state index < -0.39 is 29.9 Å². The molecule has 300 valence electrons. The molecule has 1 saturated heterocycles. The predicted molar refractivity (Wildman–Crippen MR) is 213 cm³/mol. The summed E-state index contributed by atoms with van der Waals surface area (Å²) in [6.45, 7) is 16.6. The van der Waals surface area contributed by atoms with Crippen LogP contribution in [0.3, 0.4) is 0 Å². The van der Waals surface area contributed by atoms with Crippen LogP contribution in [0.25, 0.3) is 5.76 Å². The number of nitrogens with one attached hydrogen (secondary N) is 1. The summed E-state index contributed by atoms with van der Waals surface area (Å²) in [7, 11) is 3.76. The van der Waals surface area contributed by atoms with Crippen LogP contribution < -0.4 is 5.32 Å². The molecule has 4 rings (SSSR count). The molecule has 13 heteroatoms. The molecule has 1 N–H and O–H groups in total. The van der Waals surface area contributed by atoms with Crippen LogP contribution in [0.15, 0.2) is 53.1 Å². The van der Waals surface area contributed by atoms with E-state index in [4.69, 9.17) is 13.9 Å². The number of oxazole rings is 1. The van der Waals surface area contributed by atoms with Gasteiger partial charge in [-0.3, -0.25) is 24.1 Å². The molecule has 3 heterocycles. The molecule has 0 saturated carbocycles. The fourth-order valence-corrected chi connectivity index (χ4v) is 8.20. The SMILES string of the molecule is C=C(OCC)c1ncoc1[C@H](Cc1ccccc1)NC(=O)c1csc([C@@H](C[C@H](C(C)C)N(C)C(=O)[C@@H](CC(=O)[C@H]2CCCCN2C)[C@@H](C)CC)OC(C)=O)n1. The number of benzene rings is 1. The standard InChI is InChI=1S/C42H59N5O7S/c1-10-27(5)31(22-36(49)34-19-15-16-20-46(34)8)42(51)47(9)35(26(3)4)23-37(54-29(7)48)41-45-33(24-55-41)40(50)44-32(21-30-17-13-12-14-18-30)39-38(43-25-53-39)28(6)52-11-2/h12-14,17-18,24-27,31-32,34-35,37H,6,10-11,15-16,19-23H2,1-5,7-9H3,(H,44,50)/t27-,31-,32-,34+,35+,37+/m0/s1. The zero-order valence-electron chi connectivity index (χ0n) is 33.7. The van der Waals surface area contributed by atoms with Crippen molar-refractivity contribution >= 4 is 40.7 Å². The zero-order chi connectivity index (χ0) is 40.2. The number of carbonyl (C=O) groups excluding carboxylic acids is 4. The lowest BCUT2D eigenvalue weighted by atomic mass is 9.83. The molecule has 0 aliphatic carbocycles. The number of Topliss-reactive ketones (excluding diaryl/α,β-unsaturated/α-hetero) is 1. The molecule has 0 bridgehead atoms. The van der Waals surface area contributed by atoms with Crippen LogP contribution >= 0.6 is 11.3 Å². The number of hydrogen-bond donors (Lipinski definition) is 1. The van der Waals surface area contributed by atoms with E-state index in [-0.39, 0.29) is 54.1 Å². The van der Waals surface area contributed by atoms with Crippen LogP contribution in [0.5, 0.6) is 0 Å². The summed E-state index contributed by atoms with van der Waals surface area (Å²) in [6.07, 6.45) is 5.00. The number of ether oxygens (including phenoxy) is 2. The van der Waals surface area contributed by atoms with E-state index in [0.717, 1.165) is 37.8 Å². The van der Waals surface area contributed by atoms with Gasteiger partial charge < -0.3 is 24.1 Å². The summed E-state index contributed by atoms with van der Waals surface area (Å²) < 4.78 is 17.3. The number of carbonyl (C=O) groups is 4. The van der Waals surface area contributed by atoms with Gasteiger partial charge in [-0.15, -0.1) is 11.3 Å². The van der Waals surface area contributed by atoms with Crippen molar-refractivity contribution in [3.8, 4) is 0 Å². The van der Waals surface area contributed by atoms with Gasteiger partial charge in [0.1, 0.15) is 22.2 Å². The first-order valence-corrected chi connectivity index (χ1v) is 20.4. The maximum Gasteiger partial charge on any atom is 0.303 e. The van der Waals surface area contributed by atoms with Crippen LogP contribution in [-0.4, -0.2) is 82.7 Å². The van der Waals surface area contributed by atoms with E-state index in [0.29, 0.717) is 35.2 Å². The molecule has 0 unspecified atom stereocenters. The van der Waals surface area contributed by atoms with Gasteiger partial charge in [0.05, 0.1) is 18.7 Å². The van der Waals surface area contributed by atoms with Gasteiger partial charge in [-0.05, 0) is 50.8 Å². The molecule has 1 aromatic carbocycles. The molecule has 0 spiro atoms. The summed E-state index contributed by atoms with van der Waals surface area (Å²) in [5.41, 5.74) is 1.52. The molecular formula is C42H59N5O7S. The predicted octanol–water partition coefficient (Wildman–Crippen LogP) is 7.44. The number of thiazole rings is 1.